The molecule has 4 nitrogen and oxygen atoms in total. The number of likely N-dealkylation sites (N-methyl/N-ethyl adjacent to an activating group) is 1. The number of methoxy groups -OCH3 is 1. The van der Waals surface area contributed by atoms with Gasteiger partial charge in [-0.3, -0.25) is 0 Å². The highest BCUT2D eigenvalue weighted by atomic mass is 19.1. The summed E-state index contributed by atoms with van der Waals surface area (Å²) in [4.78, 5) is 0. The highest BCUT2D eigenvalue weighted by Gasteiger charge is 2.21. The molecule has 0 spiro atoms. The van der Waals surface area contributed by atoms with E-state index >= 15 is 0 Å². The van der Waals surface area contributed by atoms with Gasteiger partial charge in [0.25, 0.3) is 0 Å². The Kier molecular flexibility index (Phi) is 4.80. The predicted octanol–water partition coefficient (Wildman–Crippen LogP) is 0.587. The first-order valence-electron chi connectivity index (χ1n) is 5.05. The molecule has 6 heteroatoms. The molecular formula is C11H15F2NO3. The lowest BCUT2D eigenvalue weighted by molar-refractivity contribution is 0.0198. The average molecular weight is 247 g/mol. The van der Waals surface area contributed by atoms with E-state index in [2.05, 4.69) is 10.1 Å². The van der Waals surface area contributed by atoms with Crippen LogP contribution < -0.4 is 10.1 Å². The molecular weight excluding hydrogens is 232 g/mol. The Labute approximate surface area is 97.8 Å². The van der Waals surface area contributed by atoms with Crippen LogP contribution in [0.15, 0.2) is 12.1 Å². The van der Waals surface area contributed by atoms with Crippen LogP contribution in [0.5, 0.6) is 5.75 Å². The number of aliphatic hydroxyl groups excluding tert-OH is 2. The smallest absolute Gasteiger partial charge is 0.190 e. The highest BCUT2D eigenvalue weighted by molar-refractivity contribution is 5.32. The van der Waals surface area contributed by atoms with E-state index in [4.69, 9.17) is 0 Å². The van der Waals surface area contributed by atoms with Crippen LogP contribution in [0.25, 0.3) is 0 Å². The molecule has 0 radical (unpaired) electrons. The third-order valence-corrected chi connectivity index (χ3v) is 2.34. The number of hydrogen-bond donors (Lipinski definition) is 3. The minimum Gasteiger partial charge on any atom is -0.491 e. The standard InChI is InChI=1S/C11H15F2NO3/c1-14-5-9(15)10(16)6-3-7(12)11(17-2)8(13)4-6/h3-4,9-10,14-16H,5H2,1-2H3. The summed E-state index contributed by atoms with van der Waals surface area (Å²) < 4.78 is 31.2. The first-order chi connectivity index (χ1) is 8.01. The van der Waals surface area contributed by atoms with Gasteiger partial charge in [-0.25, -0.2) is 8.78 Å². The summed E-state index contributed by atoms with van der Waals surface area (Å²) in [5.74, 6) is -2.35. The third kappa shape index (κ3) is 3.12. The van der Waals surface area contributed by atoms with Gasteiger partial charge in [0.2, 0.25) is 0 Å². The van der Waals surface area contributed by atoms with Gasteiger partial charge in [0.1, 0.15) is 6.10 Å². The van der Waals surface area contributed by atoms with Gasteiger partial charge >= 0.3 is 0 Å². The van der Waals surface area contributed by atoms with E-state index in [0.29, 0.717) is 0 Å². The largest absolute Gasteiger partial charge is 0.491 e. The Morgan fingerprint density at radius 3 is 2.24 bits per heavy atom. The molecule has 2 atom stereocenters. The van der Waals surface area contributed by atoms with E-state index in [1.165, 1.54) is 0 Å². The number of hydrogen-bond acceptors (Lipinski definition) is 4. The van der Waals surface area contributed by atoms with Gasteiger partial charge in [-0.05, 0) is 24.7 Å². The van der Waals surface area contributed by atoms with Crippen LogP contribution in [0, 0.1) is 11.6 Å². The third-order valence-electron chi connectivity index (χ3n) is 2.34. The van der Waals surface area contributed by atoms with Crippen molar-refractivity contribution in [1.82, 2.24) is 5.32 Å². The van der Waals surface area contributed by atoms with E-state index in [-0.39, 0.29) is 12.1 Å². The zero-order valence-electron chi connectivity index (χ0n) is 9.58. The molecule has 0 aliphatic rings. The second-order valence-corrected chi connectivity index (χ2v) is 3.59. The van der Waals surface area contributed by atoms with Crippen molar-refractivity contribution in [2.45, 2.75) is 12.2 Å². The Morgan fingerprint density at radius 1 is 1.29 bits per heavy atom. The number of rotatable bonds is 5. The van der Waals surface area contributed by atoms with Crippen molar-refractivity contribution >= 4 is 0 Å². The Balaban J connectivity index is 2.99. The molecule has 17 heavy (non-hydrogen) atoms. The summed E-state index contributed by atoms with van der Waals surface area (Å²) >= 11 is 0. The molecule has 0 bridgehead atoms. The number of aliphatic hydroxyl groups is 2. The molecule has 0 saturated carbocycles. The van der Waals surface area contributed by atoms with Crippen LogP contribution in [-0.4, -0.2) is 37.0 Å². The Hall–Kier alpha value is -1.24. The maximum Gasteiger partial charge on any atom is 0.190 e. The van der Waals surface area contributed by atoms with Crippen LogP contribution in [-0.2, 0) is 0 Å². The zero-order valence-corrected chi connectivity index (χ0v) is 9.58. The minimum absolute atomic E-state index is 0.0384. The number of benzene rings is 1. The van der Waals surface area contributed by atoms with Crippen LogP contribution >= 0.6 is 0 Å². The molecule has 0 amide bonds. The normalized spacial score (nSPS) is 14.5. The highest BCUT2D eigenvalue weighted by Crippen LogP contribution is 2.27. The lowest BCUT2D eigenvalue weighted by atomic mass is 10.0. The first kappa shape index (κ1) is 13.8. The fourth-order valence-corrected chi connectivity index (χ4v) is 1.49. The van der Waals surface area contributed by atoms with Crippen molar-refractivity contribution in [3.8, 4) is 5.75 Å². The first-order valence-corrected chi connectivity index (χ1v) is 5.05. The topological polar surface area (TPSA) is 61.7 Å². The molecule has 0 fully saturated rings. The van der Waals surface area contributed by atoms with Crippen LogP contribution in [0.4, 0.5) is 8.78 Å². The molecule has 96 valence electrons. The van der Waals surface area contributed by atoms with Gasteiger partial charge in [-0.1, -0.05) is 0 Å². The van der Waals surface area contributed by atoms with Crippen molar-refractivity contribution in [2.24, 2.45) is 0 Å². The summed E-state index contributed by atoms with van der Waals surface area (Å²) in [6.07, 6.45) is -2.51. The summed E-state index contributed by atoms with van der Waals surface area (Å²) in [5.41, 5.74) is -0.0384. The monoisotopic (exact) mass is 247 g/mol. The van der Waals surface area contributed by atoms with Crippen molar-refractivity contribution in [1.29, 1.82) is 0 Å². The molecule has 0 aromatic heterocycles. The van der Waals surface area contributed by atoms with Crippen LogP contribution in [0.2, 0.25) is 0 Å². The van der Waals surface area contributed by atoms with Gasteiger partial charge < -0.3 is 20.3 Å². The maximum atomic E-state index is 13.3. The Bertz CT molecular complexity index is 364. The van der Waals surface area contributed by atoms with Crippen LogP contribution in [0.3, 0.4) is 0 Å². The van der Waals surface area contributed by atoms with Gasteiger partial charge in [-0.2, -0.15) is 0 Å². The molecule has 1 aromatic carbocycles. The fourth-order valence-electron chi connectivity index (χ4n) is 1.49. The number of halogens is 2. The SMILES string of the molecule is CNCC(O)C(O)c1cc(F)c(OC)c(F)c1. The van der Waals surface area contributed by atoms with Crippen molar-refractivity contribution in [3.63, 3.8) is 0 Å². The van der Waals surface area contributed by atoms with Crippen LogP contribution in [0.1, 0.15) is 11.7 Å². The summed E-state index contributed by atoms with van der Waals surface area (Å²) in [6, 6.07) is 1.87. The van der Waals surface area contributed by atoms with E-state index in [1.54, 1.807) is 7.05 Å². The lowest BCUT2D eigenvalue weighted by Gasteiger charge is -2.18. The molecule has 0 aliphatic carbocycles. The van der Waals surface area contributed by atoms with E-state index < -0.39 is 29.6 Å². The summed E-state index contributed by atoms with van der Waals surface area (Å²) in [7, 11) is 2.73. The fraction of sp³-hybridized carbons (Fsp3) is 0.455. The molecule has 2 unspecified atom stereocenters. The Morgan fingerprint density at radius 2 is 1.82 bits per heavy atom. The number of nitrogens with one attached hydrogen (secondary N) is 1. The van der Waals surface area contributed by atoms with Crippen molar-refractivity contribution in [3.05, 3.63) is 29.3 Å². The van der Waals surface area contributed by atoms with Gasteiger partial charge in [0.15, 0.2) is 17.4 Å². The molecule has 0 saturated heterocycles. The maximum absolute atomic E-state index is 13.3. The molecule has 0 aliphatic heterocycles. The van der Waals surface area contributed by atoms with Gasteiger partial charge in [0.05, 0.1) is 13.2 Å². The van der Waals surface area contributed by atoms with Gasteiger partial charge in [0, 0.05) is 6.54 Å². The van der Waals surface area contributed by atoms with Crippen molar-refractivity contribution in [2.75, 3.05) is 20.7 Å². The zero-order chi connectivity index (χ0) is 13.0. The lowest BCUT2D eigenvalue weighted by Crippen LogP contribution is -2.29. The molecule has 1 rings (SSSR count). The molecule has 1 aromatic rings. The van der Waals surface area contributed by atoms with E-state index in [1.807, 2.05) is 0 Å². The second-order valence-electron chi connectivity index (χ2n) is 3.59. The summed E-state index contributed by atoms with van der Waals surface area (Å²) in [5, 5.41) is 21.8. The van der Waals surface area contributed by atoms with Crippen molar-refractivity contribution < 1.29 is 23.7 Å². The van der Waals surface area contributed by atoms with Gasteiger partial charge in [-0.15, -0.1) is 0 Å². The average Bonchev–Trinajstić information content (AvgIpc) is 2.27. The summed E-state index contributed by atoms with van der Waals surface area (Å²) in [6.45, 7) is 0.108. The molecule has 0 heterocycles. The quantitative estimate of drug-likeness (QED) is 0.712. The van der Waals surface area contributed by atoms with E-state index in [9.17, 15) is 19.0 Å². The second kappa shape index (κ2) is 5.90. The van der Waals surface area contributed by atoms with E-state index in [0.717, 1.165) is 19.2 Å². The molecule has 3 N–H and O–H groups in total. The minimum atomic E-state index is -1.36. The predicted molar refractivity (Wildman–Crippen MR) is 57.8 cm³/mol. The number of ether oxygens (including phenoxy) is 1.